The van der Waals surface area contributed by atoms with E-state index in [-0.39, 0.29) is 12.5 Å². The highest BCUT2D eigenvalue weighted by atomic mass is 16.3. The number of unbranched alkanes of at least 4 members (excludes halogenated alkanes) is 43. The lowest BCUT2D eigenvalue weighted by molar-refractivity contribution is -0.123. The first-order valence-electron chi connectivity index (χ1n) is 30.4. The largest absolute Gasteiger partial charge is 0.394 e. The summed E-state index contributed by atoms with van der Waals surface area (Å²) in [7, 11) is 0. The molecule has 0 aromatic heterocycles. The molecule has 0 fully saturated rings. The number of carbonyl (C=O) groups is 1. The fraction of sp³-hybridized carbons (Fsp3) is 0.857. The van der Waals surface area contributed by atoms with E-state index in [4.69, 9.17) is 0 Å². The fourth-order valence-corrected chi connectivity index (χ4v) is 9.39. The summed E-state index contributed by atoms with van der Waals surface area (Å²) in [6.45, 7) is 4.32. The van der Waals surface area contributed by atoms with Crippen molar-refractivity contribution in [2.24, 2.45) is 0 Å². The Morgan fingerprint density at radius 3 is 0.866 bits per heavy atom. The van der Waals surface area contributed by atoms with Crippen LogP contribution in [0.25, 0.3) is 0 Å². The zero-order chi connectivity index (χ0) is 48.5. The van der Waals surface area contributed by atoms with E-state index in [0.717, 1.165) is 38.5 Å². The van der Waals surface area contributed by atoms with Gasteiger partial charge in [0.2, 0.25) is 5.91 Å². The van der Waals surface area contributed by atoms with Crippen molar-refractivity contribution in [2.45, 2.75) is 341 Å². The summed E-state index contributed by atoms with van der Waals surface area (Å²) in [5.74, 6) is -0.0726. The van der Waals surface area contributed by atoms with E-state index in [1.807, 2.05) is 6.08 Å². The van der Waals surface area contributed by atoms with Crippen LogP contribution in [-0.4, -0.2) is 34.9 Å². The fourth-order valence-electron chi connectivity index (χ4n) is 9.39. The highest BCUT2D eigenvalue weighted by Crippen LogP contribution is 2.17. The zero-order valence-electron chi connectivity index (χ0n) is 45.4. The second kappa shape index (κ2) is 58.7. The second-order valence-electron chi connectivity index (χ2n) is 20.7. The molecule has 0 aliphatic carbocycles. The van der Waals surface area contributed by atoms with Crippen LogP contribution < -0.4 is 5.32 Å². The van der Waals surface area contributed by atoms with Gasteiger partial charge in [-0.3, -0.25) is 4.79 Å². The Labute approximate surface area is 420 Å². The third-order valence-corrected chi connectivity index (χ3v) is 14.0. The Kier molecular flexibility index (Phi) is 57.2. The Morgan fingerprint density at radius 1 is 0.343 bits per heavy atom. The van der Waals surface area contributed by atoms with Crippen LogP contribution in [0.15, 0.2) is 48.6 Å². The molecule has 2 unspecified atom stereocenters. The third-order valence-electron chi connectivity index (χ3n) is 14.0. The SMILES string of the molecule is CCCCCCCCCC/C=C\CCCCCCCCCCCCCCCCCCCCCCCC(=O)NC(CO)C(O)/C=C/CC/C=C/CC/C=C/CCCCCCCCCCCCCC. The van der Waals surface area contributed by atoms with Crippen molar-refractivity contribution in [3.63, 3.8) is 0 Å². The number of allylic oxidation sites excluding steroid dienone is 7. The van der Waals surface area contributed by atoms with Gasteiger partial charge in [0.25, 0.3) is 0 Å². The number of amides is 1. The quantitative estimate of drug-likeness (QED) is 0.0420. The van der Waals surface area contributed by atoms with Crippen LogP contribution in [0, 0.1) is 0 Å². The molecule has 3 N–H and O–H groups in total. The number of hydrogen-bond acceptors (Lipinski definition) is 3. The first-order valence-corrected chi connectivity index (χ1v) is 30.4. The predicted molar refractivity (Wildman–Crippen MR) is 299 cm³/mol. The maximum atomic E-state index is 12.5. The molecule has 394 valence electrons. The van der Waals surface area contributed by atoms with E-state index >= 15 is 0 Å². The van der Waals surface area contributed by atoms with Gasteiger partial charge in [0.1, 0.15) is 0 Å². The van der Waals surface area contributed by atoms with Gasteiger partial charge in [0, 0.05) is 6.42 Å². The van der Waals surface area contributed by atoms with Crippen molar-refractivity contribution in [3.8, 4) is 0 Å². The average molecular weight is 939 g/mol. The summed E-state index contributed by atoms with van der Waals surface area (Å²) in [4.78, 5) is 12.5. The number of carbonyl (C=O) groups excluding carboxylic acids is 1. The Balaban J connectivity index is 3.48. The number of nitrogens with one attached hydrogen (secondary N) is 1. The van der Waals surface area contributed by atoms with Crippen molar-refractivity contribution in [2.75, 3.05) is 6.61 Å². The van der Waals surface area contributed by atoms with E-state index < -0.39 is 12.1 Å². The van der Waals surface area contributed by atoms with Crippen LogP contribution in [0.2, 0.25) is 0 Å². The molecular formula is C63H119NO3. The van der Waals surface area contributed by atoms with Gasteiger partial charge >= 0.3 is 0 Å². The highest BCUT2D eigenvalue weighted by Gasteiger charge is 2.18. The van der Waals surface area contributed by atoms with Crippen molar-refractivity contribution < 1.29 is 15.0 Å². The van der Waals surface area contributed by atoms with Crippen LogP contribution in [0.3, 0.4) is 0 Å². The first-order chi connectivity index (χ1) is 33.2. The molecular weight excluding hydrogens is 819 g/mol. The molecule has 4 nitrogen and oxygen atoms in total. The van der Waals surface area contributed by atoms with Gasteiger partial charge in [-0.1, -0.05) is 300 Å². The summed E-state index contributed by atoms with van der Waals surface area (Å²) in [6.07, 6.45) is 81.6. The molecule has 0 radical (unpaired) electrons. The lowest BCUT2D eigenvalue weighted by Gasteiger charge is -2.19. The molecule has 0 saturated carbocycles. The van der Waals surface area contributed by atoms with Crippen LogP contribution in [0.5, 0.6) is 0 Å². The Hall–Kier alpha value is -1.65. The second-order valence-corrected chi connectivity index (χ2v) is 20.7. The van der Waals surface area contributed by atoms with Gasteiger partial charge in [-0.05, 0) is 70.6 Å². The lowest BCUT2D eigenvalue weighted by atomic mass is 10.0. The molecule has 67 heavy (non-hydrogen) atoms. The molecule has 0 saturated heterocycles. The average Bonchev–Trinajstić information content (AvgIpc) is 3.33. The number of aliphatic hydroxyl groups excluding tert-OH is 2. The van der Waals surface area contributed by atoms with Gasteiger partial charge in [-0.2, -0.15) is 0 Å². The zero-order valence-corrected chi connectivity index (χ0v) is 45.4. The van der Waals surface area contributed by atoms with Gasteiger partial charge < -0.3 is 15.5 Å². The van der Waals surface area contributed by atoms with Crippen LogP contribution in [0.4, 0.5) is 0 Å². The molecule has 0 bridgehead atoms. The standard InChI is InChI=1S/C63H119NO3/c1-3-5-7-9-11-13-15-17-19-21-23-25-27-28-29-30-31-32-33-34-35-36-37-39-41-43-45-47-49-51-53-55-57-59-63(67)64-61(60-65)62(66)58-56-54-52-50-48-46-44-42-40-38-26-24-22-20-18-16-14-12-10-8-6-4-2/h21,23,40,42,48,50,56,58,61-62,65-66H,3-20,22,24-39,41,43-47,49,51-55,57,59-60H2,1-2H3,(H,64,67)/b23-21-,42-40+,50-48+,58-56+. The van der Waals surface area contributed by atoms with E-state index in [0.29, 0.717) is 6.42 Å². The first kappa shape index (κ1) is 65.3. The van der Waals surface area contributed by atoms with Crippen molar-refractivity contribution in [1.82, 2.24) is 5.32 Å². The van der Waals surface area contributed by atoms with Gasteiger partial charge in [0.05, 0.1) is 18.8 Å². The number of aliphatic hydroxyl groups is 2. The minimum atomic E-state index is -0.870. The minimum Gasteiger partial charge on any atom is -0.394 e. The lowest BCUT2D eigenvalue weighted by Crippen LogP contribution is -2.45. The molecule has 0 aliphatic rings. The Morgan fingerprint density at radius 2 is 0.582 bits per heavy atom. The molecule has 0 spiro atoms. The van der Waals surface area contributed by atoms with Crippen LogP contribution in [-0.2, 0) is 4.79 Å². The summed E-state index contributed by atoms with van der Waals surface area (Å²) >= 11 is 0. The molecule has 2 atom stereocenters. The van der Waals surface area contributed by atoms with Gasteiger partial charge in [-0.25, -0.2) is 0 Å². The monoisotopic (exact) mass is 938 g/mol. The molecule has 0 rings (SSSR count). The van der Waals surface area contributed by atoms with Gasteiger partial charge in [0.15, 0.2) is 0 Å². The number of rotatable bonds is 56. The third kappa shape index (κ3) is 55.2. The van der Waals surface area contributed by atoms with E-state index in [1.54, 1.807) is 6.08 Å². The smallest absolute Gasteiger partial charge is 0.220 e. The summed E-state index contributed by atoms with van der Waals surface area (Å²) in [5, 5.41) is 23.2. The highest BCUT2D eigenvalue weighted by molar-refractivity contribution is 5.76. The molecule has 1 amide bonds. The molecule has 0 aromatic carbocycles. The Bertz CT molecular complexity index is 1060. The van der Waals surface area contributed by atoms with E-state index in [9.17, 15) is 15.0 Å². The maximum absolute atomic E-state index is 12.5. The normalized spacial score (nSPS) is 13.1. The molecule has 0 aliphatic heterocycles. The summed E-state index contributed by atoms with van der Waals surface area (Å²) < 4.78 is 0. The van der Waals surface area contributed by atoms with Crippen molar-refractivity contribution >= 4 is 5.91 Å². The number of hydrogen-bond donors (Lipinski definition) is 3. The van der Waals surface area contributed by atoms with Gasteiger partial charge in [-0.15, -0.1) is 0 Å². The summed E-state index contributed by atoms with van der Waals surface area (Å²) in [6, 6.07) is -0.646. The van der Waals surface area contributed by atoms with Crippen molar-refractivity contribution in [3.05, 3.63) is 48.6 Å². The minimum absolute atomic E-state index is 0.0726. The molecule has 0 aromatic rings. The van der Waals surface area contributed by atoms with E-state index in [1.165, 1.54) is 270 Å². The van der Waals surface area contributed by atoms with E-state index in [2.05, 4.69) is 55.6 Å². The topological polar surface area (TPSA) is 69.6 Å². The maximum Gasteiger partial charge on any atom is 0.220 e. The van der Waals surface area contributed by atoms with Crippen LogP contribution >= 0.6 is 0 Å². The van der Waals surface area contributed by atoms with Crippen molar-refractivity contribution in [1.29, 1.82) is 0 Å². The molecule has 4 heteroatoms. The predicted octanol–water partition coefficient (Wildman–Crippen LogP) is 20.2. The summed E-state index contributed by atoms with van der Waals surface area (Å²) in [5.41, 5.74) is 0. The molecule has 0 heterocycles. The van der Waals surface area contributed by atoms with Crippen LogP contribution in [0.1, 0.15) is 328 Å².